The largest absolute Gasteiger partial charge is 0.489 e. The highest BCUT2D eigenvalue weighted by atomic mass is 16.5. The first-order chi connectivity index (χ1) is 14.7. The molecule has 0 saturated carbocycles. The van der Waals surface area contributed by atoms with Crippen molar-refractivity contribution >= 4 is 22.8 Å². The van der Waals surface area contributed by atoms with Crippen LogP contribution in [0.1, 0.15) is 35.9 Å². The minimum Gasteiger partial charge on any atom is -0.489 e. The summed E-state index contributed by atoms with van der Waals surface area (Å²) in [5, 5.41) is 0.857. The summed E-state index contributed by atoms with van der Waals surface area (Å²) in [6.07, 6.45) is 1.48. The first-order valence-corrected chi connectivity index (χ1v) is 10.3. The van der Waals surface area contributed by atoms with Crippen molar-refractivity contribution in [1.82, 2.24) is 4.90 Å². The molecule has 0 N–H and O–H groups in total. The molecule has 156 valence electrons. The molecule has 4 rings (SSSR count). The third-order valence-corrected chi connectivity index (χ3v) is 5.35. The molecule has 0 bridgehead atoms. The monoisotopic (exact) mass is 407 g/mol. The standard InChI is InChI=1S/C24H25NO5/c1-2-28-24(27)17-9-8-14-25(15-17)23(26)22-20(16-29-18-10-4-3-5-11-18)19-12-6-7-13-21(19)30-22/h3-7,10-13,17H,2,8-9,14-16H2,1H3. The van der Waals surface area contributed by atoms with Gasteiger partial charge in [-0.2, -0.15) is 0 Å². The molecule has 1 fully saturated rings. The highest BCUT2D eigenvalue weighted by Gasteiger charge is 2.32. The van der Waals surface area contributed by atoms with E-state index < -0.39 is 0 Å². The molecule has 0 spiro atoms. The molecular weight excluding hydrogens is 382 g/mol. The van der Waals surface area contributed by atoms with E-state index in [1.807, 2.05) is 54.6 Å². The first-order valence-electron chi connectivity index (χ1n) is 10.3. The van der Waals surface area contributed by atoms with Crippen LogP contribution in [0.25, 0.3) is 11.0 Å². The number of likely N-dealkylation sites (tertiary alicyclic amines) is 1. The van der Waals surface area contributed by atoms with Crippen LogP contribution in [-0.4, -0.2) is 36.5 Å². The summed E-state index contributed by atoms with van der Waals surface area (Å²) in [5.41, 5.74) is 1.36. The number of benzene rings is 2. The summed E-state index contributed by atoms with van der Waals surface area (Å²) in [6, 6.07) is 17.0. The zero-order valence-corrected chi connectivity index (χ0v) is 17.0. The molecule has 1 atom stereocenters. The number of esters is 1. The SMILES string of the molecule is CCOC(=O)C1CCCN(C(=O)c2oc3ccccc3c2COc2ccccc2)C1. The molecule has 6 nitrogen and oxygen atoms in total. The van der Waals surface area contributed by atoms with Crippen molar-refractivity contribution in [2.45, 2.75) is 26.4 Å². The number of piperidine rings is 1. The lowest BCUT2D eigenvalue weighted by Gasteiger charge is -2.31. The minimum absolute atomic E-state index is 0.216. The Bertz CT molecular complexity index is 1030. The summed E-state index contributed by atoms with van der Waals surface area (Å²) in [6.45, 7) is 3.28. The van der Waals surface area contributed by atoms with Gasteiger partial charge < -0.3 is 18.8 Å². The molecule has 0 aliphatic carbocycles. The topological polar surface area (TPSA) is 69.0 Å². The van der Waals surface area contributed by atoms with E-state index in [1.165, 1.54) is 0 Å². The smallest absolute Gasteiger partial charge is 0.310 e. The number of carbonyl (C=O) groups excluding carboxylic acids is 2. The third kappa shape index (κ3) is 4.17. The van der Waals surface area contributed by atoms with Crippen LogP contribution in [0.4, 0.5) is 0 Å². The van der Waals surface area contributed by atoms with Crippen LogP contribution >= 0.6 is 0 Å². The highest BCUT2D eigenvalue weighted by Crippen LogP contribution is 2.29. The minimum atomic E-state index is -0.295. The van der Waals surface area contributed by atoms with Crippen LogP contribution in [0.2, 0.25) is 0 Å². The molecule has 3 aromatic rings. The van der Waals surface area contributed by atoms with Crippen LogP contribution in [0, 0.1) is 5.92 Å². The molecule has 1 unspecified atom stereocenters. The number of fused-ring (bicyclic) bond motifs is 1. The molecule has 6 heteroatoms. The van der Waals surface area contributed by atoms with Crippen LogP contribution in [0.5, 0.6) is 5.75 Å². The summed E-state index contributed by atoms with van der Waals surface area (Å²) in [5.74, 6) is 0.244. The third-order valence-electron chi connectivity index (χ3n) is 5.35. The molecule has 1 amide bonds. The molecular formula is C24H25NO5. The number of nitrogens with zero attached hydrogens (tertiary/aromatic N) is 1. The summed E-state index contributed by atoms with van der Waals surface area (Å²) >= 11 is 0. The Labute approximate surface area is 175 Å². The van der Waals surface area contributed by atoms with Crippen molar-refractivity contribution in [3.63, 3.8) is 0 Å². The van der Waals surface area contributed by atoms with Gasteiger partial charge in [0, 0.05) is 24.0 Å². The van der Waals surface area contributed by atoms with Crippen LogP contribution in [-0.2, 0) is 16.1 Å². The molecule has 2 aromatic carbocycles. The van der Waals surface area contributed by atoms with Gasteiger partial charge >= 0.3 is 5.97 Å². The van der Waals surface area contributed by atoms with Crippen molar-refractivity contribution < 1.29 is 23.5 Å². The average Bonchev–Trinajstić information content (AvgIpc) is 3.16. The van der Waals surface area contributed by atoms with E-state index in [9.17, 15) is 9.59 Å². The van der Waals surface area contributed by atoms with E-state index in [2.05, 4.69) is 0 Å². The van der Waals surface area contributed by atoms with Gasteiger partial charge in [-0.3, -0.25) is 9.59 Å². The van der Waals surface area contributed by atoms with Crippen molar-refractivity contribution in [3.05, 3.63) is 65.9 Å². The first kappa shape index (κ1) is 20.0. The van der Waals surface area contributed by atoms with Crippen LogP contribution < -0.4 is 4.74 Å². The molecule has 1 aromatic heterocycles. The van der Waals surface area contributed by atoms with Gasteiger partial charge in [0.15, 0.2) is 5.76 Å². The summed E-state index contributed by atoms with van der Waals surface area (Å²) in [7, 11) is 0. The lowest BCUT2D eigenvalue weighted by Crippen LogP contribution is -2.43. The number of hydrogen-bond acceptors (Lipinski definition) is 5. The van der Waals surface area contributed by atoms with E-state index in [1.54, 1.807) is 11.8 Å². The fourth-order valence-electron chi connectivity index (χ4n) is 3.84. The van der Waals surface area contributed by atoms with Gasteiger partial charge in [0.25, 0.3) is 5.91 Å². The van der Waals surface area contributed by atoms with Gasteiger partial charge in [0.1, 0.15) is 17.9 Å². The Morgan fingerprint density at radius 2 is 1.87 bits per heavy atom. The van der Waals surface area contributed by atoms with E-state index in [-0.39, 0.29) is 30.2 Å². The number of amides is 1. The van der Waals surface area contributed by atoms with Gasteiger partial charge in [-0.15, -0.1) is 0 Å². The number of rotatable bonds is 6. The molecule has 1 aliphatic heterocycles. The zero-order chi connectivity index (χ0) is 20.9. The number of para-hydroxylation sites is 2. The van der Waals surface area contributed by atoms with E-state index in [4.69, 9.17) is 13.9 Å². The molecule has 0 radical (unpaired) electrons. The fourth-order valence-corrected chi connectivity index (χ4v) is 3.84. The van der Waals surface area contributed by atoms with Crippen molar-refractivity contribution in [1.29, 1.82) is 0 Å². The maximum atomic E-state index is 13.4. The number of hydrogen-bond donors (Lipinski definition) is 0. The Balaban J connectivity index is 1.59. The van der Waals surface area contributed by atoms with Crippen LogP contribution in [0.15, 0.2) is 59.0 Å². The summed E-state index contributed by atoms with van der Waals surface area (Å²) < 4.78 is 17.0. The highest BCUT2D eigenvalue weighted by molar-refractivity contribution is 5.99. The summed E-state index contributed by atoms with van der Waals surface area (Å²) in [4.78, 5) is 27.2. The van der Waals surface area contributed by atoms with Crippen molar-refractivity contribution in [2.75, 3.05) is 19.7 Å². The number of furan rings is 1. The van der Waals surface area contributed by atoms with Gasteiger partial charge in [0.05, 0.1) is 12.5 Å². The molecule has 1 aliphatic rings. The molecule has 30 heavy (non-hydrogen) atoms. The maximum absolute atomic E-state index is 13.4. The molecule has 1 saturated heterocycles. The Kier molecular flexibility index (Phi) is 6.02. The zero-order valence-electron chi connectivity index (χ0n) is 17.0. The molecule has 2 heterocycles. The second-order valence-corrected chi connectivity index (χ2v) is 7.35. The van der Waals surface area contributed by atoms with E-state index in [0.29, 0.717) is 25.3 Å². The Morgan fingerprint density at radius 1 is 1.10 bits per heavy atom. The Hall–Kier alpha value is -3.28. The fraction of sp³-hybridized carbons (Fsp3) is 0.333. The van der Waals surface area contributed by atoms with E-state index in [0.717, 1.165) is 29.5 Å². The van der Waals surface area contributed by atoms with Gasteiger partial charge in [0.2, 0.25) is 0 Å². The Morgan fingerprint density at radius 3 is 2.67 bits per heavy atom. The lowest BCUT2D eigenvalue weighted by molar-refractivity contribution is -0.149. The second-order valence-electron chi connectivity index (χ2n) is 7.35. The van der Waals surface area contributed by atoms with Crippen molar-refractivity contribution in [3.8, 4) is 5.75 Å². The van der Waals surface area contributed by atoms with Gasteiger partial charge in [-0.25, -0.2) is 0 Å². The number of carbonyl (C=O) groups is 2. The van der Waals surface area contributed by atoms with Gasteiger partial charge in [-0.1, -0.05) is 36.4 Å². The van der Waals surface area contributed by atoms with E-state index >= 15 is 0 Å². The van der Waals surface area contributed by atoms with Crippen molar-refractivity contribution in [2.24, 2.45) is 5.92 Å². The lowest BCUT2D eigenvalue weighted by atomic mass is 9.97. The quantitative estimate of drug-likeness (QED) is 0.566. The maximum Gasteiger partial charge on any atom is 0.310 e. The average molecular weight is 407 g/mol. The van der Waals surface area contributed by atoms with Gasteiger partial charge in [-0.05, 0) is 38.0 Å². The normalized spacial score (nSPS) is 16.4. The predicted molar refractivity (Wildman–Crippen MR) is 112 cm³/mol. The second kappa shape index (κ2) is 9.03. The van der Waals surface area contributed by atoms with Crippen LogP contribution in [0.3, 0.4) is 0 Å². The number of ether oxygens (including phenoxy) is 2. The predicted octanol–water partition coefficient (Wildman–Crippen LogP) is 4.43.